The molecule has 1 atom stereocenters. The Morgan fingerprint density at radius 2 is 1.89 bits per heavy atom. The molecule has 27 heavy (non-hydrogen) atoms. The van der Waals surface area contributed by atoms with Gasteiger partial charge in [-0.1, -0.05) is 24.3 Å². The summed E-state index contributed by atoms with van der Waals surface area (Å²) < 4.78 is 0. The van der Waals surface area contributed by atoms with Gasteiger partial charge in [0.1, 0.15) is 5.82 Å². The summed E-state index contributed by atoms with van der Waals surface area (Å²) in [4.78, 5) is 17.0. The maximum atomic E-state index is 12.5. The Morgan fingerprint density at radius 3 is 2.70 bits per heavy atom. The van der Waals surface area contributed by atoms with E-state index in [1.165, 1.54) is 24.0 Å². The summed E-state index contributed by atoms with van der Waals surface area (Å²) in [5.74, 6) is 2.66. The largest absolute Gasteiger partial charge is 0.326 e. The summed E-state index contributed by atoms with van der Waals surface area (Å²) in [6.45, 7) is 0. The predicted molar refractivity (Wildman–Crippen MR) is 105 cm³/mol. The lowest BCUT2D eigenvalue weighted by Crippen LogP contribution is -2.14. The van der Waals surface area contributed by atoms with E-state index in [0.29, 0.717) is 18.3 Å². The van der Waals surface area contributed by atoms with Crippen LogP contribution in [0.4, 0.5) is 5.69 Å². The zero-order chi connectivity index (χ0) is 18.2. The quantitative estimate of drug-likeness (QED) is 0.710. The van der Waals surface area contributed by atoms with Crippen LogP contribution in [0.1, 0.15) is 54.5 Å². The first kappa shape index (κ1) is 16.2. The minimum absolute atomic E-state index is 0.0679. The van der Waals surface area contributed by atoms with Gasteiger partial charge in [-0.05, 0) is 67.0 Å². The van der Waals surface area contributed by atoms with Gasteiger partial charge in [-0.15, -0.1) is 0 Å². The Bertz CT molecular complexity index is 972. The van der Waals surface area contributed by atoms with Gasteiger partial charge < -0.3 is 5.32 Å². The molecule has 5 nitrogen and oxygen atoms in total. The summed E-state index contributed by atoms with van der Waals surface area (Å²) in [6.07, 6.45) is 5.06. The number of carbonyl (C=O) groups excluding carboxylic acids is 1. The lowest BCUT2D eigenvalue weighted by Gasteiger charge is -2.12. The number of hydrogen-bond acceptors (Lipinski definition) is 3. The number of aromatic nitrogens is 3. The maximum absolute atomic E-state index is 12.5. The fraction of sp³-hybridized carbons (Fsp3) is 0.318. The van der Waals surface area contributed by atoms with Gasteiger partial charge in [-0.2, -0.15) is 5.10 Å². The molecule has 1 fully saturated rings. The maximum Gasteiger partial charge on any atom is 0.224 e. The van der Waals surface area contributed by atoms with Crippen LogP contribution in [0, 0.1) is 0 Å². The molecule has 0 saturated heterocycles. The van der Waals surface area contributed by atoms with E-state index in [1.807, 2.05) is 24.3 Å². The number of anilines is 1. The second kappa shape index (κ2) is 6.65. The van der Waals surface area contributed by atoms with Crippen molar-refractivity contribution in [2.75, 3.05) is 5.32 Å². The summed E-state index contributed by atoms with van der Waals surface area (Å²) in [5, 5.41) is 10.4. The molecule has 0 bridgehead atoms. The molecule has 1 aromatic heterocycles. The third-order valence-electron chi connectivity index (χ3n) is 5.58. The second-order valence-electron chi connectivity index (χ2n) is 7.58. The standard InChI is InChI=1S/C22H22N4O/c27-20(13-17-8-5-14-3-1-2-4-19(14)17)23-18-11-9-16(10-12-18)22-24-21(25-26-22)15-6-7-15/h1-4,9-12,15,17H,5-8,13H2,(H,23,27)(H,24,25,26). The highest BCUT2D eigenvalue weighted by atomic mass is 16.1. The Morgan fingerprint density at radius 1 is 1.07 bits per heavy atom. The first-order valence-corrected chi connectivity index (χ1v) is 9.66. The van der Waals surface area contributed by atoms with Gasteiger partial charge >= 0.3 is 0 Å². The molecule has 1 amide bonds. The van der Waals surface area contributed by atoms with Gasteiger partial charge in [0.25, 0.3) is 0 Å². The Labute approximate surface area is 158 Å². The SMILES string of the molecule is O=C(CC1CCc2ccccc21)Nc1ccc(-c2n[nH]c(C3CC3)n2)cc1. The van der Waals surface area contributed by atoms with Crippen molar-refractivity contribution in [2.45, 2.75) is 43.9 Å². The van der Waals surface area contributed by atoms with Crippen LogP contribution in [0.3, 0.4) is 0 Å². The molecule has 5 heteroatoms. The molecule has 5 rings (SSSR count). The number of aromatic amines is 1. The number of nitrogens with one attached hydrogen (secondary N) is 2. The molecule has 1 unspecified atom stereocenters. The Hall–Kier alpha value is -2.95. The van der Waals surface area contributed by atoms with Crippen molar-refractivity contribution in [1.29, 1.82) is 0 Å². The Balaban J connectivity index is 1.22. The fourth-order valence-electron chi connectivity index (χ4n) is 3.94. The van der Waals surface area contributed by atoms with E-state index >= 15 is 0 Å². The van der Waals surface area contributed by atoms with E-state index in [2.05, 4.69) is 44.8 Å². The summed E-state index contributed by atoms with van der Waals surface area (Å²) in [5.41, 5.74) is 4.49. The molecule has 2 aromatic carbocycles. The smallest absolute Gasteiger partial charge is 0.224 e. The lowest BCUT2D eigenvalue weighted by atomic mass is 9.97. The molecule has 2 aliphatic carbocycles. The third kappa shape index (κ3) is 3.37. The van der Waals surface area contributed by atoms with Gasteiger partial charge in [-0.25, -0.2) is 4.98 Å². The molecule has 136 valence electrons. The van der Waals surface area contributed by atoms with Crippen molar-refractivity contribution < 1.29 is 4.79 Å². The summed E-state index contributed by atoms with van der Waals surface area (Å²) >= 11 is 0. The van der Waals surface area contributed by atoms with Crippen molar-refractivity contribution in [3.8, 4) is 11.4 Å². The van der Waals surface area contributed by atoms with Gasteiger partial charge in [0, 0.05) is 23.6 Å². The van der Waals surface area contributed by atoms with Gasteiger partial charge in [0.15, 0.2) is 5.82 Å². The molecule has 0 spiro atoms. The van der Waals surface area contributed by atoms with E-state index in [9.17, 15) is 4.79 Å². The third-order valence-corrected chi connectivity index (χ3v) is 5.58. The summed E-state index contributed by atoms with van der Waals surface area (Å²) in [7, 11) is 0. The zero-order valence-corrected chi connectivity index (χ0v) is 15.1. The first-order chi connectivity index (χ1) is 13.3. The molecule has 2 aliphatic rings. The molecule has 1 heterocycles. The second-order valence-corrected chi connectivity index (χ2v) is 7.58. The van der Waals surface area contributed by atoms with Crippen molar-refractivity contribution in [3.63, 3.8) is 0 Å². The van der Waals surface area contributed by atoms with E-state index in [-0.39, 0.29) is 5.91 Å². The highest BCUT2D eigenvalue weighted by molar-refractivity contribution is 5.91. The molecule has 3 aromatic rings. The molecule has 0 aliphatic heterocycles. The monoisotopic (exact) mass is 358 g/mol. The van der Waals surface area contributed by atoms with Crippen LogP contribution in [0.2, 0.25) is 0 Å². The number of nitrogens with zero attached hydrogens (tertiary/aromatic N) is 2. The average Bonchev–Trinajstić information content (AvgIpc) is 3.29. The van der Waals surface area contributed by atoms with E-state index in [0.717, 1.165) is 35.7 Å². The highest BCUT2D eigenvalue weighted by Gasteiger charge is 2.27. The van der Waals surface area contributed by atoms with Crippen LogP contribution < -0.4 is 5.32 Å². The van der Waals surface area contributed by atoms with Crippen molar-refractivity contribution in [3.05, 3.63) is 65.5 Å². The molecule has 2 N–H and O–H groups in total. The van der Waals surface area contributed by atoms with Crippen molar-refractivity contribution in [1.82, 2.24) is 15.2 Å². The zero-order valence-electron chi connectivity index (χ0n) is 15.1. The molecule has 1 saturated carbocycles. The minimum Gasteiger partial charge on any atom is -0.326 e. The summed E-state index contributed by atoms with van der Waals surface area (Å²) in [6, 6.07) is 16.2. The minimum atomic E-state index is 0.0679. The number of fused-ring (bicyclic) bond motifs is 1. The molecular formula is C22H22N4O. The number of carbonyl (C=O) groups is 1. The number of rotatable bonds is 5. The number of H-pyrrole nitrogens is 1. The predicted octanol–water partition coefficient (Wildman–Crippen LogP) is 4.41. The van der Waals surface area contributed by atoms with E-state index in [4.69, 9.17) is 0 Å². The number of aryl methyl sites for hydroxylation is 1. The van der Waals surface area contributed by atoms with Crippen LogP contribution in [0.5, 0.6) is 0 Å². The van der Waals surface area contributed by atoms with Gasteiger partial charge in [0.05, 0.1) is 0 Å². The molecule has 0 radical (unpaired) electrons. The van der Waals surface area contributed by atoms with E-state index < -0.39 is 0 Å². The normalized spacial score (nSPS) is 18.3. The lowest BCUT2D eigenvalue weighted by molar-refractivity contribution is -0.116. The Kier molecular flexibility index (Phi) is 4.00. The first-order valence-electron chi connectivity index (χ1n) is 9.66. The van der Waals surface area contributed by atoms with Crippen LogP contribution in [-0.4, -0.2) is 21.1 Å². The topological polar surface area (TPSA) is 70.7 Å². The number of amides is 1. The van der Waals surface area contributed by atoms with Crippen LogP contribution in [0.25, 0.3) is 11.4 Å². The number of hydrogen-bond donors (Lipinski definition) is 2. The molecular weight excluding hydrogens is 336 g/mol. The van der Waals surface area contributed by atoms with Crippen LogP contribution >= 0.6 is 0 Å². The van der Waals surface area contributed by atoms with Crippen LogP contribution in [0.15, 0.2) is 48.5 Å². The van der Waals surface area contributed by atoms with E-state index in [1.54, 1.807) is 0 Å². The van der Waals surface area contributed by atoms with Crippen molar-refractivity contribution >= 4 is 11.6 Å². The van der Waals surface area contributed by atoms with Crippen molar-refractivity contribution in [2.24, 2.45) is 0 Å². The van der Waals surface area contributed by atoms with Crippen LogP contribution in [-0.2, 0) is 11.2 Å². The van der Waals surface area contributed by atoms with Gasteiger partial charge in [-0.3, -0.25) is 9.89 Å². The fourth-order valence-corrected chi connectivity index (χ4v) is 3.94. The highest BCUT2D eigenvalue weighted by Crippen LogP contribution is 2.38. The number of benzene rings is 2. The van der Waals surface area contributed by atoms with Gasteiger partial charge in [0.2, 0.25) is 5.91 Å². The average molecular weight is 358 g/mol.